The van der Waals surface area contributed by atoms with Gasteiger partial charge < -0.3 is 15.4 Å². The van der Waals surface area contributed by atoms with Gasteiger partial charge in [-0.3, -0.25) is 4.79 Å². The molecule has 2 aliphatic rings. The molecule has 96 valence electrons. The lowest BCUT2D eigenvalue weighted by atomic mass is 9.65. The predicted octanol–water partition coefficient (Wildman–Crippen LogP) is 1.18. The van der Waals surface area contributed by atoms with Gasteiger partial charge in [0.1, 0.15) is 5.60 Å². The molecule has 2 amide bonds. The van der Waals surface area contributed by atoms with Crippen LogP contribution >= 0.6 is 0 Å². The Morgan fingerprint density at radius 2 is 2.12 bits per heavy atom. The molecule has 1 aliphatic carbocycles. The maximum Gasteiger partial charge on any atom is 0.407 e. The molecule has 5 heteroatoms. The van der Waals surface area contributed by atoms with E-state index in [1.165, 1.54) is 0 Å². The number of hydrogen-bond donors (Lipinski definition) is 2. The zero-order chi connectivity index (χ0) is 12.7. The number of amides is 2. The molecular formula is C12H20N2O3. The normalized spacial score (nSPS) is 31.9. The van der Waals surface area contributed by atoms with Crippen LogP contribution < -0.4 is 10.6 Å². The lowest BCUT2D eigenvalue weighted by molar-refractivity contribution is -0.120. The highest BCUT2D eigenvalue weighted by atomic mass is 16.6. The van der Waals surface area contributed by atoms with Crippen molar-refractivity contribution in [1.82, 2.24) is 10.6 Å². The molecule has 0 aromatic carbocycles. The Morgan fingerprint density at radius 1 is 1.47 bits per heavy atom. The van der Waals surface area contributed by atoms with Crippen molar-refractivity contribution in [2.45, 2.75) is 51.7 Å². The average molecular weight is 240 g/mol. The Kier molecular flexibility index (Phi) is 2.79. The molecule has 1 saturated carbocycles. The molecule has 0 bridgehead atoms. The molecule has 0 aromatic rings. The van der Waals surface area contributed by atoms with E-state index in [1.807, 2.05) is 20.8 Å². The quantitative estimate of drug-likeness (QED) is 0.723. The summed E-state index contributed by atoms with van der Waals surface area (Å²) in [5, 5.41) is 5.68. The van der Waals surface area contributed by atoms with E-state index in [0.717, 1.165) is 19.4 Å². The van der Waals surface area contributed by atoms with Crippen LogP contribution in [0.25, 0.3) is 0 Å². The fourth-order valence-corrected chi connectivity index (χ4v) is 2.60. The van der Waals surface area contributed by atoms with Gasteiger partial charge in [-0.25, -0.2) is 4.79 Å². The Hall–Kier alpha value is -1.26. The molecule has 2 N–H and O–H groups in total. The summed E-state index contributed by atoms with van der Waals surface area (Å²) in [6, 6.07) is 0.151. The van der Waals surface area contributed by atoms with Crippen LogP contribution in [-0.2, 0) is 9.53 Å². The Labute approximate surface area is 101 Å². The average Bonchev–Trinajstić information content (AvgIpc) is 2.43. The highest BCUT2D eigenvalue weighted by Gasteiger charge is 2.49. The molecular weight excluding hydrogens is 220 g/mol. The second-order valence-electron chi connectivity index (χ2n) is 6.20. The van der Waals surface area contributed by atoms with Gasteiger partial charge in [-0.2, -0.15) is 0 Å². The summed E-state index contributed by atoms with van der Waals surface area (Å²) in [5.41, 5.74) is -0.368. The van der Waals surface area contributed by atoms with Crippen molar-refractivity contribution in [3.8, 4) is 0 Å². The number of nitrogens with one attached hydrogen (secondary N) is 2. The van der Waals surface area contributed by atoms with Crippen LogP contribution in [0, 0.1) is 5.41 Å². The fraction of sp³-hybridized carbons (Fsp3) is 0.833. The first-order chi connectivity index (χ1) is 7.78. The lowest BCUT2D eigenvalue weighted by Gasteiger charge is -2.44. The summed E-state index contributed by atoms with van der Waals surface area (Å²) in [4.78, 5) is 22.7. The molecule has 2 fully saturated rings. The van der Waals surface area contributed by atoms with Gasteiger partial charge in [0.15, 0.2) is 0 Å². The number of carbonyl (C=O) groups is 2. The van der Waals surface area contributed by atoms with Crippen LogP contribution in [-0.4, -0.2) is 30.2 Å². The molecule has 1 spiro atoms. The summed E-state index contributed by atoms with van der Waals surface area (Å²) >= 11 is 0. The largest absolute Gasteiger partial charge is 0.444 e. The summed E-state index contributed by atoms with van der Waals surface area (Å²) in [5.74, 6) is 0.126. The monoisotopic (exact) mass is 240 g/mol. The molecule has 2 rings (SSSR count). The van der Waals surface area contributed by atoms with Crippen molar-refractivity contribution >= 4 is 12.0 Å². The van der Waals surface area contributed by atoms with E-state index in [-0.39, 0.29) is 23.5 Å². The first kappa shape index (κ1) is 12.2. The molecule has 0 aromatic heterocycles. The molecule has 1 heterocycles. The van der Waals surface area contributed by atoms with Crippen LogP contribution in [0.4, 0.5) is 4.79 Å². The summed E-state index contributed by atoms with van der Waals surface area (Å²) in [6.07, 6.45) is 1.96. The van der Waals surface area contributed by atoms with E-state index in [4.69, 9.17) is 4.74 Å². The van der Waals surface area contributed by atoms with Gasteiger partial charge in [0, 0.05) is 24.4 Å². The summed E-state index contributed by atoms with van der Waals surface area (Å²) in [6.45, 7) is 6.27. The lowest BCUT2D eigenvalue weighted by Crippen LogP contribution is -2.52. The summed E-state index contributed by atoms with van der Waals surface area (Å²) in [7, 11) is 0. The molecule has 17 heavy (non-hydrogen) atoms. The Balaban J connectivity index is 1.74. The van der Waals surface area contributed by atoms with E-state index in [2.05, 4.69) is 10.6 Å². The van der Waals surface area contributed by atoms with Crippen molar-refractivity contribution in [2.75, 3.05) is 6.54 Å². The first-order valence-electron chi connectivity index (χ1n) is 6.04. The topological polar surface area (TPSA) is 67.4 Å². The highest BCUT2D eigenvalue weighted by Crippen LogP contribution is 2.46. The fourth-order valence-electron chi connectivity index (χ4n) is 2.60. The third-order valence-corrected chi connectivity index (χ3v) is 3.28. The molecule has 0 atom stereocenters. The minimum atomic E-state index is -0.462. The molecule has 0 unspecified atom stereocenters. The predicted molar refractivity (Wildman–Crippen MR) is 62.5 cm³/mol. The van der Waals surface area contributed by atoms with Crippen LogP contribution in [0.2, 0.25) is 0 Å². The van der Waals surface area contributed by atoms with Crippen molar-refractivity contribution in [1.29, 1.82) is 0 Å². The van der Waals surface area contributed by atoms with Gasteiger partial charge in [-0.05, 0) is 33.6 Å². The zero-order valence-electron chi connectivity index (χ0n) is 10.6. The Bertz CT molecular complexity index is 340. The van der Waals surface area contributed by atoms with E-state index in [1.54, 1.807) is 0 Å². The smallest absolute Gasteiger partial charge is 0.407 e. The van der Waals surface area contributed by atoms with E-state index < -0.39 is 5.60 Å². The van der Waals surface area contributed by atoms with E-state index in [9.17, 15) is 9.59 Å². The third kappa shape index (κ3) is 2.90. The minimum Gasteiger partial charge on any atom is -0.444 e. The molecule has 0 radical (unpaired) electrons. The first-order valence-corrected chi connectivity index (χ1v) is 6.04. The number of ether oxygens (including phenoxy) is 1. The highest BCUT2D eigenvalue weighted by molar-refractivity contribution is 5.79. The van der Waals surface area contributed by atoms with Gasteiger partial charge in [-0.15, -0.1) is 0 Å². The standard InChI is InChI=1S/C12H20N2O3/c1-11(2,3)17-10(16)14-8-4-12(5-8)6-9(15)13-7-12/h8H,4-7H2,1-3H3,(H,13,15)(H,14,16). The van der Waals surface area contributed by atoms with Gasteiger partial charge in [0.05, 0.1) is 0 Å². The second-order valence-corrected chi connectivity index (χ2v) is 6.20. The SMILES string of the molecule is CC(C)(C)OC(=O)NC1CC2(CNC(=O)C2)C1. The van der Waals surface area contributed by atoms with Gasteiger partial charge >= 0.3 is 6.09 Å². The van der Waals surface area contributed by atoms with E-state index >= 15 is 0 Å². The van der Waals surface area contributed by atoms with Gasteiger partial charge in [0.2, 0.25) is 5.91 Å². The number of alkyl carbamates (subject to hydrolysis) is 1. The maximum atomic E-state index is 11.5. The van der Waals surface area contributed by atoms with E-state index in [0.29, 0.717) is 6.42 Å². The summed E-state index contributed by atoms with van der Waals surface area (Å²) < 4.78 is 5.18. The van der Waals surface area contributed by atoms with Crippen LogP contribution in [0.1, 0.15) is 40.0 Å². The minimum absolute atomic E-state index is 0.0940. The number of hydrogen-bond acceptors (Lipinski definition) is 3. The van der Waals surface area contributed by atoms with Gasteiger partial charge in [-0.1, -0.05) is 0 Å². The third-order valence-electron chi connectivity index (χ3n) is 3.28. The molecule has 1 aliphatic heterocycles. The van der Waals surface area contributed by atoms with Crippen LogP contribution in [0.15, 0.2) is 0 Å². The van der Waals surface area contributed by atoms with Crippen molar-refractivity contribution in [2.24, 2.45) is 5.41 Å². The Morgan fingerprint density at radius 3 is 2.59 bits per heavy atom. The molecule has 5 nitrogen and oxygen atoms in total. The van der Waals surface area contributed by atoms with Crippen molar-refractivity contribution in [3.05, 3.63) is 0 Å². The second kappa shape index (κ2) is 3.89. The van der Waals surface area contributed by atoms with Crippen LogP contribution in [0.3, 0.4) is 0 Å². The van der Waals surface area contributed by atoms with Crippen LogP contribution in [0.5, 0.6) is 0 Å². The number of carbonyl (C=O) groups excluding carboxylic acids is 2. The van der Waals surface area contributed by atoms with Crippen molar-refractivity contribution in [3.63, 3.8) is 0 Å². The molecule has 1 saturated heterocycles. The van der Waals surface area contributed by atoms with Gasteiger partial charge in [0.25, 0.3) is 0 Å². The van der Waals surface area contributed by atoms with Crippen molar-refractivity contribution < 1.29 is 14.3 Å². The number of rotatable bonds is 1. The maximum absolute atomic E-state index is 11.5. The zero-order valence-corrected chi connectivity index (χ0v) is 10.6.